The van der Waals surface area contributed by atoms with Gasteiger partial charge in [-0.15, -0.1) is 0 Å². The fourth-order valence-electron chi connectivity index (χ4n) is 6.59. The third-order valence-electron chi connectivity index (χ3n) is 7.83. The molecule has 0 saturated heterocycles. The highest BCUT2D eigenvalue weighted by Gasteiger charge is 2.58. The Labute approximate surface area is 207 Å². The number of carbonyl (C=O) groups excluding carboxylic acids is 1. The van der Waals surface area contributed by atoms with Gasteiger partial charge >= 0.3 is 5.97 Å². The summed E-state index contributed by atoms with van der Waals surface area (Å²) in [5.41, 5.74) is 2.22. The average molecular weight is 477 g/mol. The largest absolute Gasteiger partial charge is 0.504 e. The van der Waals surface area contributed by atoms with Crippen molar-refractivity contribution in [3.05, 3.63) is 23.3 Å². The summed E-state index contributed by atoms with van der Waals surface area (Å²) in [6.07, 6.45) is 6.10. The van der Waals surface area contributed by atoms with E-state index in [4.69, 9.17) is 9.84 Å². The van der Waals surface area contributed by atoms with Crippen LogP contribution in [0.4, 0.5) is 0 Å². The predicted octanol–water partition coefficient (Wildman–Crippen LogP) is 7.39. The zero-order valence-electron chi connectivity index (χ0n) is 22.7. The normalized spacial score (nSPS) is 28.3. The van der Waals surface area contributed by atoms with Crippen LogP contribution in [0, 0.1) is 23.2 Å². The zero-order chi connectivity index (χ0) is 26.1. The standard InChI is InChI=1S/C23H30O5.3C2H6/c1-23-9-8-15-16(7-6-13-10-18(24)19(28-2)12-17(13)15)22(23)14(11-20(23)25)4-3-5-21(26)27;3*1-2/h10,12,14-16,22,24H,3-9,11H2,1-2H3,(H,26,27);3*1-2H3/t14-,15-,16?,22?,23?;;;/m0.../s1. The van der Waals surface area contributed by atoms with Gasteiger partial charge in [0.05, 0.1) is 7.11 Å². The summed E-state index contributed by atoms with van der Waals surface area (Å²) in [5.74, 6) is 1.81. The average Bonchev–Trinajstić information content (AvgIpc) is 3.11. The lowest BCUT2D eigenvalue weighted by Gasteiger charge is -2.50. The molecule has 2 N–H and O–H groups in total. The molecule has 0 bridgehead atoms. The molecule has 1 aromatic carbocycles. The number of carbonyl (C=O) groups is 2. The second-order valence-electron chi connectivity index (χ2n) is 9.19. The molecule has 2 saturated carbocycles. The molecule has 5 nitrogen and oxygen atoms in total. The van der Waals surface area contributed by atoms with Gasteiger partial charge in [0, 0.05) is 18.3 Å². The first-order valence-electron chi connectivity index (χ1n) is 13.5. The highest BCUT2D eigenvalue weighted by molar-refractivity contribution is 5.87. The number of benzene rings is 1. The number of fused-ring (bicyclic) bond motifs is 5. The van der Waals surface area contributed by atoms with Gasteiger partial charge in [0.1, 0.15) is 5.78 Å². The molecular formula is C29H48O5. The minimum Gasteiger partial charge on any atom is -0.504 e. The summed E-state index contributed by atoms with van der Waals surface area (Å²) in [5, 5.41) is 19.1. The third kappa shape index (κ3) is 5.95. The number of carboxylic acid groups (broad SMARTS) is 1. The number of aliphatic carboxylic acids is 1. The highest BCUT2D eigenvalue weighted by Crippen LogP contribution is 2.62. The second-order valence-corrected chi connectivity index (χ2v) is 9.19. The Bertz CT molecular complexity index is 802. The zero-order valence-corrected chi connectivity index (χ0v) is 22.7. The molecule has 5 atom stereocenters. The van der Waals surface area contributed by atoms with Crippen molar-refractivity contribution in [1.82, 2.24) is 0 Å². The van der Waals surface area contributed by atoms with Crippen LogP contribution in [0.1, 0.15) is 110 Å². The van der Waals surface area contributed by atoms with Crippen molar-refractivity contribution in [2.75, 3.05) is 7.11 Å². The maximum absolute atomic E-state index is 12.9. The molecule has 1 aromatic rings. The fraction of sp³-hybridized carbons (Fsp3) is 0.724. The van der Waals surface area contributed by atoms with Crippen LogP contribution in [0.3, 0.4) is 0 Å². The first kappa shape index (κ1) is 30.0. The first-order chi connectivity index (χ1) is 16.3. The molecule has 3 aliphatic rings. The number of aryl methyl sites for hydroxylation is 1. The van der Waals surface area contributed by atoms with Gasteiger partial charge in [0.25, 0.3) is 0 Å². The van der Waals surface area contributed by atoms with E-state index >= 15 is 0 Å². The van der Waals surface area contributed by atoms with Crippen LogP contribution in [-0.4, -0.2) is 29.1 Å². The van der Waals surface area contributed by atoms with Gasteiger partial charge in [0.2, 0.25) is 0 Å². The number of carboxylic acids is 1. The molecule has 0 aliphatic heterocycles. The molecule has 0 heterocycles. The van der Waals surface area contributed by atoms with Crippen LogP contribution in [0.5, 0.6) is 11.5 Å². The van der Waals surface area contributed by atoms with E-state index in [0.717, 1.165) is 32.1 Å². The van der Waals surface area contributed by atoms with E-state index in [1.54, 1.807) is 7.11 Å². The van der Waals surface area contributed by atoms with Gasteiger partial charge in [-0.3, -0.25) is 9.59 Å². The molecular weight excluding hydrogens is 428 g/mol. The number of phenols is 1. The molecule has 0 aromatic heterocycles. The lowest BCUT2D eigenvalue weighted by atomic mass is 9.54. The van der Waals surface area contributed by atoms with Gasteiger partial charge in [-0.05, 0) is 85.5 Å². The summed E-state index contributed by atoms with van der Waals surface area (Å²) >= 11 is 0. The predicted molar refractivity (Wildman–Crippen MR) is 139 cm³/mol. The van der Waals surface area contributed by atoms with Crippen LogP contribution in [0.15, 0.2) is 12.1 Å². The number of ketones is 1. The number of aromatic hydroxyl groups is 1. The van der Waals surface area contributed by atoms with E-state index in [1.165, 1.54) is 11.1 Å². The second kappa shape index (κ2) is 13.7. The van der Waals surface area contributed by atoms with Crippen LogP contribution >= 0.6 is 0 Å². The molecule has 0 radical (unpaired) electrons. The molecule has 0 spiro atoms. The van der Waals surface area contributed by atoms with Crippen molar-refractivity contribution in [3.8, 4) is 11.5 Å². The summed E-state index contributed by atoms with van der Waals surface area (Å²) < 4.78 is 5.35. The fourth-order valence-corrected chi connectivity index (χ4v) is 6.59. The molecule has 3 aliphatic carbocycles. The first-order valence-corrected chi connectivity index (χ1v) is 13.5. The van der Waals surface area contributed by atoms with Crippen LogP contribution in [-0.2, 0) is 16.0 Å². The summed E-state index contributed by atoms with van der Waals surface area (Å²) in [6.45, 7) is 14.2. The van der Waals surface area contributed by atoms with Crippen LogP contribution < -0.4 is 4.74 Å². The molecule has 2 fully saturated rings. The van der Waals surface area contributed by atoms with Gasteiger partial charge in [-0.25, -0.2) is 0 Å². The lowest BCUT2D eigenvalue weighted by molar-refractivity contribution is -0.137. The molecule has 4 rings (SSSR count). The molecule has 3 unspecified atom stereocenters. The topological polar surface area (TPSA) is 83.8 Å². The van der Waals surface area contributed by atoms with E-state index in [1.807, 2.05) is 53.7 Å². The Morgan fingerprint density at radius 3 is 2.35 bits per heavy atom. The number of rotatable bonds is 5. The lowest BCUT2D eigenvalue weighted by Crippen LogP contribution is -2.44. The van der Waals surface area contributed by atoms with E-state index in [0.29, 0.717) is 48.0 Å². The molecule has 0 amide bonds. The summed E-state index contributed by atoms with van der Waals surface area (Å²) in [4.78, 5) is 23.9. The van der Waals surface area contributed by atoms with Gasteiger partial charge in [0.15, 0.2) is 11.5 Å². The van der Waals surface area contributed by atoms with E-state index in [2.05, 4.69) is 6.92 Å². The smallest absolute Gasteiger partial charge is 0.303 e. The quantitative estimate of drug-likeness (QED) is 0.463. The Hall–Kier alpha value is -2.04. The molecule has 194 valence electrons. The Morgan fingerprint density at radius 2 is 1.76 bits per heavy atom. The van der Waals surface area contributed by atoms with Crippen molar-refractivity contribution < 1.29 is 24.5 Å². The van der Waals surface area contributed by atoms with Gasteiger partial charge in [-0.2, -0.15) is 0 Å². The minimum absolute atomic E-state index is 0.182. The van der Waals surface area contributed by atoms with E-state index < -0.39 is 5.97 Å². The Kier molecular flexibility index (Phi) is 12.1. The Balaban J connectivity index is 0.000000894. The SMILES string of the molecule is CC.CC.CC.COc1cc2c(cc1O)CCC1C3[C@@H](CCCC(=O)O)CC(=O)C3(C)CC[C@H]21. The maximum atomic E-state index is 12.9. The third-order valence-corrected chi connectivity index (χ3v) is 7.83. The van der Waals surface area contributed by atoms with E-state index in [9.17, 15) is 14.7 Å². The van der Waals surface area contributed by atoms with Crippen molar-refractivity contribution in [2.45, 2.75) is 106 Å². The summed E-state index contributed by atoms with van der Waals surface area (Å²) in [7, 11) is 1.58. The van der Waals surface area contributed by atoms with Gasteiger partial charge in [-0.1, -0.05) is 48.5 Å². The number of Topliss-reactive ketones (excluding diaryl/α,β-unsaturated/α-hetero) is 1. The monoisotopic (exact) mass is 476 g/mol. The number of methoxy groups -OCH3 is 1. The molecule has 5 heteroatoms. The Morgan fingerprint density at radius 1 is 1.12 bits per heavy atom. The van der Waals surface area contributed by atoms with Crippen molar-refractivity contribution in [2.24, 2.45) is 23.2 Å². The minimum atomic E-state index is -0.757. The van der Waals surface area contributed by atoms with Crippen LogP contribution in [0.25, 0.3) is 0 Å². The van der Waals surface area contributed by atoms with Crippen LogP contribution in [0.2, 0.25) is 0 Å². The number of hydrogen-bond acceptors (Lipinski definition) is 4. The van der Waals surface area contributed by atoms with Crippen molar-refractivity contribution in [3.63, 3.8) is 0 Å². The summed E-state index contributed by atoms with van der Waals surface area (Å²) in [6, 6.07) is 3.85. The van der Waals surface area contributed by atoms with Crippen molar-refractivity contribution in [1.29, 1.82) is 0 Å². The van der Waals surface area contributed by atoms with Crippen molar-refractivity contribution >= 4 is 11.8 Å². The maximum Gasteiger partial charge on any atom is 0.303 e. The number of phenolic OH excluding ortho intramolecular Hbond substituents is 1. The number of hydrogen-bond donors (Lipinski definition) is 2. The highest BCUT2D eigenvalue weighted by atomic mass is 16.5. The van der Waals surface area contributed by atoms with E-state index in [-0.39, 0.29) is 17.6 Å². The molecule has 34 heavy (non-hydrogen) atoms. The van der Waals surface area contributed by atoms with Gasteiger partial charge < -0.3 is 14.9 Å². The number of ether oxygens (including phenoxy) is 1.